The predicted octanol–water partition coefficient (Wildman–Crippen LogP) is 4.45. The highest BCUT2D eigenvalue weighted by Crippen LogP contribution is 2.54. The third kappa shape index (κ3) is 2.90. The summed E-state index contributed by atoms with van der Waals surface area (Å²) in [5, 5.41) is 21.3. The number of fused-ring (bicyclic) bond motifs is 3. The van der Waals surface area contributed by atoms with Crippen molar-refractivity contribution in [1.82, 2.24) is 0 Å². The zero-order chi connectivity index (χ0) is 18.3. The first-order chi connectivity index (χ1) is 12.6. The Morgan fingerprint density at radius 1 is 1.23 bits per heavy atom. The molecule has 3 atom stereocenters. The summed E-state index contributed by atoms with van der Waals surface area (Å²) in [7, 11) is 0. The average molecular weight is 420 g/mol. The number of nitro benzene ring substituents is 1. The Hall–Kier alpha value is -1.96. The first kappa shape index (κ1) is 17.5. The van der Waals surface area contributed by atoms with E-state index in [0.717, 1.165) is 24.0 Å². The third-order valence-electron chi connectivity index (χ3n) is 5.10. The number of benzene rings is 2. The highest BCUT2D eigenvalue weighted by atomic mass is 79.9. The summed E-state index contributed by atoms with van der Waals surface area (Å²) in [6.45, 7) is 0.513. The molecular weight excluding hydrogens is 402 g/mol. The Balaban J connectivity index is 1.88. The Labute approximate surface area is 159 Å². The van der Waals surface area contributed by atoms with Crippen molar-refractivity contribution < 1.29 is 19.5 Å². The minimum Gasteiger partial charge on any atom is -0.478 e. The van der Waals surface area contributed by atoms with Crippen LogP contribution < -0.4 is 4.74 Å². The van der Waals surface area contributed by atoms with Crippen molar-refractivity contribution in [3.63, 3.8) is 0 Å². The van der Waals surface area contributed by atoms with Crippen molar-refractivity contribution in [3.05, 3.63) is 67.7 Å². The fraction of sp³-hybridized carbons (Fsp3) is 0.368. The Kier molecular flexibility index (Phi) is 4.69. The van der Waals surface area contributed by atoms with Gasteiger partial charge in [-0.05, 0) is 30.0 Å². The van der Waals surface area contributed by atoms with Crippen LogP contribution in [0.15, 0.2) is 40.9 Å². The second kappa shape index (κ2) is 6.98. The van der Waals surface area contributed by atoms with Gasteiger partial charge in [0.05, 0.1) is 17.6 Å². The molecule has 1 saturated heterocycles. The molecule has 7 heteroatoms. The molecule has 4 rings (SSSR count). The summed E-state index contributed by atoms with van der Waals surface area (Å²) in [4.78, 5) is 11.1. The van der Waals surface area contributed by atoms with E-state index in [4.69, 9.17) is 9.47 Å². The van der Waals surface area contributed by atoms with Crippen LogP contribution in [0.25, 0.3) is 0 Å². The van der Waals surface area contributed by atoms with Crippen molar-refractivity contribution >= 4 is 21.6 Å². The molecular formula is C19H18BrNO5. The number of aliphatic hydroxyl groups excluding tert-OH is 1. The topological polar surface area (TPSA) is 81.8 Å². The number of halogens is 1. The highest BCUT2D eigenvalue weighted by Gasteiger charge is 2.44. The number of hydrogen-bond acceptors (Lipinski definition) is 5. The molecule has 0 aliphatic carbocycles. The van der Waals surface area contributed by atoms with Gasteiger partial charge in [-0.15, -0.1) is 0 Å². The number of ether oxygens (including phenoxy) is 2. The number of nitro groups is 1. The molecule has 0 amide bonds. The van der Waals surface area contributed by atoms with Crippen LogP contribution in [-0.4, -0.2) is 16.6 Å². The van der Waals surface area contributed by atoms with Gasteiger partial charge in [0.1, 0.15) is 6.10 Å². The van der Waals surface area contributed by atoms with E-state index in [1.807, 2.05) is 30.3 Å². The zero-order valence-corrected chi connectivity index (χ0v) is 15.5. The van der Waals surface area contributed by atoms with E-state index < -0.39 is 11.0 Å². The first-order valence-corrected chi connectivity index (χ1v) is 9.34. The summed E-state index contributed by atoms with van der Waals surface area (Å²) in [6.07, 6.45) is 1.15. The minimum atomic E-state index is -0.429. The number of rotatable bonds is 3. The number of hydrogen-bond donors (Lipinski definition) is 1. The number of aliphatic hydroxyl groups is 1. The predicted molar refractivity (Wildman–Crippen MR) is 97.9 cm³/mol. The van der Waals surface area contributed by atoms with Gasteiger partial charge in [-0.2, -0.15) is 0 Å². The van der Waals surface area contributed by atoms with Crippen LogP contribution in [0.2, 0.25) is 0 Å². The molecule has 6 nitrogen and oxygen atoms in total. The first-order valence-electron chi connectivity index (χ1n) is 8.55. The Bertz CT molecular complexity index is 856. The van der Waals surface area contributed by atoms with Crippen molar-refractivity contribution in [2.75, 3.05) is 6.61 Å². The molecule has 1 N–H and O–H groups in total. The molecule has 2 heterocycles. The van der Waals surface area contributed by atoms with Gasteiger partial charge in [-0.25, -0.2) is 0 Å². The maximum absolute atomic E-state index is 11.6. The van der Waals surface area contributed by atoms with E-state index >= 15 is 0 Å². The molecule has 136 valence electrons. The smallest absolute Gasteiger partial charge is 0.312 e. The van der Waals surface area contributed by atoms with Crippen LogP contribution in [0.5, 0.6) is 5.75 Å². The lowest BCUT2D eigenvalue weighted by Crippen LogP contribution is -2.35. The van der Waals surface area contributed by atoms with E-state index in [-0.39, 0.29) is 30.1 Å². The number of nitrogens with zero attached hydrogens (tertiary/aromatic N) is 1. The minimum absolute atomic E-state index is 0.0397. The SMILES string of the molecule is O=[N+]([O-])c1cc(Br)cc2c1O[C@@H](c1ccccc1CO)[C@@H]1CCCO[C@@H]21. The van der Waals surface area contributed by atoms with Gasteiger partial charge in [0, 0.05) is 28.6 Å². The summed E-state index contributed by atoms with van der Waals surface area (Å²) in [5.74, 6) is 0.303. The maximum atomic E-state index is 11.6. The lowest BCUT2D eigenvalue weighted by Gasteiger charge is -2.42. The largest absolute Gasteiger partial charge is 0.478 e. The Morgan fingerprint density at radius 2 is 2.04 bits per heavy atom. The molecule has 0 radical (unpaired) electrons. The van der Waals surface area contributed by atoms with Crippen LogP contribution in [0, 0.1) is 16.0 Å². The molecule has 2 aliphatic heterocycles. The lowest BCUT2D eigenvalue weighted by atomic mass is 9.79. The van der Waals surface area contributed by atoms with Gasteiger partial charge in [0.25, 0.3) is 0 Å². The van der Waals surface area contributed by atoms with Crippen molar-refractivity contribution in [1.29, 1.82) is 0 Å². The zero-order valence-electron chi connectivity index (χ0n) is 13.9. The van der Waals surface area contributed by atoms with Gasteiger partial charge in [-0.3, -0.25) is 10.1 Å². The van der Waals surface area contributed by atoms with Gasteiger partial charge < -0.3 is 14.6 Å². The van der Waals surface area contributed by atoms with Gasteiger partial charge in [0.2, 0.25) is 5.75 Å². The second-order valence-corrected chi connectivity index (χ2v) is 7.51. The molecule has 2 aliphatic rings. The van der Waals surface area contributed by atoms with Crippen molar-refractivity contribution in [2.24, 2.45) is 5.92 Å². The van der Waals surface area contributed by atoms with Gasteiger partial charge in [0.15, 0.2) is 0 Å². The van der Waals surface area contributed by atoms with Crippen molar-refractivity contribution in [2.45, 2.75) is 31.7 Å². The van der Waals surface area contributed by atoms with E-state index in [2.05, 4.69) is 15.9 Å². The Morgan fingerprint density at radius 3 is 2.81 bits per heavy atom. The van der Waals surface area contributed by atoms with E-state index in [0.29, 0.717) is 16.6 Å². The van der Waals surface area contributed by atoms with Gasteiger partial charge >= 0.3 is 5.69 Å². The van der Waals surface area contributed by atoms with Crippen molar-refractivity contribution in [3.8, 4) is 5.75 Å². The highest BCUT2D eigenvalue weighted by molar-refractivity contribution is 9.10. The van der Waals surface area contributed by atoms with E-state index in [9.17, 15) is 15.2 Å². The standard InChI is InChI=1S/C19H18BrNO5/c20-12-8-15-17-14(6-3-7-25-17)18(13-5-2-1-4-11(13)10-22)26-19(15)16(9-12)21(23)24/h1-2,4-5,8-9,14,17-18,22H,3,6-7,10H2/t14-,17-,18+/m1/s1. The monoisotopic (exact) mass is 419 g/mol. The molecule has 0 spiro atoms. The summed E-state index contributed by atoms with van der Waals surface area (Å²) in [5.41, 5.74) is 2.27. The second-order valence-electron chi connectivity index (χ2n) is 6.59. The maximum Gasteiger partial charge on any atom is 0.312 e. The van der Waals surface area contributed by atoms with Crippen LogP contribution in [0.1, 0.15) is 41.7 Å². The summed E-state index contributed by atoms with van der Waals surface area (Å²) < 4.78 is 12.9. The lowest BCUT2D eigenvalue weighted by molar-refractivity contribution is -0.386. The van der Waals surface area contributed by atoms with E-state index in [1.54, 1.807) is 0 Å². The molecule has 0 bridgehead atoms. The van der Waals surface area contributed by atoms with Crippen LogP contribution in [0.4, 0.5) is 5.69 Å². The van der Waals surface area contributed by atoms with Crippen LogP contribution in [-0.2, 0) is 11.3 Å². The quantitative estimate of drug-likeness (QED) is 0.586. The molecule has 1 fully saturated rings. The third-order valence-corrected chi connectivity index (χ3v) is 5.56. The normalized spacial score (nSPS) is 24.3. The van der Waals surface area contributed by atoms with E-state index in [1.165, 1.54) is 6.07 Å². The molecule has 0 unspecified atom stereocenters. The molecule has 26 heavy (non-hydrogen) atoms. The van der Waals surface area contributed by atoms with Crippen LogP contribution in [0.3, 0.4) is 0 Å². The molecule has 2 aromatic rings. The van der Waals surface area contributed by atoms with Gasteiger partial charge in [-0.1, -0.05) is 40.2 Å². The molecule has 0 aromatic heterocycles. The summed E-state index contributed by atoms with van der Waals surface area (Å²) >= 11 is 3.36. The fourth-order valence-electron chi connectivity index (χ4n) is 3.97. The molecule has 0 saturated carbocycles. The molecule has 2 aromatic carbocycles. The fourth-order valence-corrected chi connectivity index (χ4v) is 4.44. The average Bonchev–Trinajstić information content (AvgIpc) is 2.66. The van der Waals surface area contributed by atoms with Crippen LogP contribution >= 0.6 is 15.9 Å². The summed E-state index contributed by atoms with van der Waals surface area (Å²) in [6, 6.07) is 10.8.